The van der Waals surface area contributed by atoms with Gasteiger partial charge in [-0.25, -0.2) is 0 Å². The highest BCUT2D eigenvalue weighted by Crippen LogP contribution is 2.36. The molecule has 1 aromatic rings. The normalized spacial score (nSPS) is 25.7. The molecule has 2 aliphatic rings. The molecule has 0 bridgehead atoms. The van der Waals surface area contributed by atoms with Gasteiger partial charge in [0.2, 0.25) is 0 Å². The molecule has 7 heteroatoms. The third-order valence-corrected chi connectivity index (χ3v) is 5.37. The maximum Gasteiger partial charge on any atom is 0.498 e. The van der Waals surface area contributed by atoms with E-state index in [1.54, 1.807) is 4.68 Å². The minimum Gasteiger partial charge on any atom is -0.399 e. The molecule has 0 amide bonds. The highest BCUT2D eigenvalue weighted by atomic mass is 16.7. The molecule has 2 fully saturated rings. The lowest BCUT2D eigenvalue weighted by molar-refractivity contribution is -0.0745. The molecule has 2 aliphatic heterocycles. The van der Waals surface area contributed by atoms with Gasteiger partial charge in [0.25, 0.3) is 0 Å². The van der Waals surface area contributed by atoms with Crippen molar-refractivity contribution in [1.29, 1.82) is 0 Å². The van der Waals surface area contributed by atoms with E-state index in [1.807, 2.05) is 40.8 Å². The Morgan fingerprint density at radius 2 is 1.74 bits per heavy atom. The highest BCUT2D eigenvalue weighted by molar-refractivity contribution is 6.62. The topological polar surface area (TPSA) is 65.7 Å². The van der Waals surface area contributed by atoms with Crippen LogP contribution in [-0.2, 0) is 20.6 Å². The second kappa shape index (κ2) is 5.58. The average molecular weight is 322 g/mol. The quantitative estimate of drug-likeness (QED) is 0.842. The average Bonchev–Trinajstić information content (AvgIpc) is 2.87. The summed E-state index contributed by atoms with van der Waals surface area (Å²) in [6.45, 7) is 11.8. The van der Waals surface area contributed by atoms with Crippen LogP contribution in [0.25, 0.3) is 0 Å². The molecule has 1 aromatic heterocycles. The molecule has 0 aliphatic carbocycles. The van der Waals surface area contributed by atoms with E-state index >= 15 is 0 Å². The molecule has 23 heavy (non-hydrogen) atoms. The second-order valence-electron chi connectivity index (χ2n) is 7.79. The zero-order chi connectivity index (χ0) is 16.9. The molecule has 0 saturated carbocycles. The summed E-state index contributed by atoms with van der Waals surface area (Å²) < 4.78 is 19.3. The summed E-state index contributed by atoms with van der Waals surface area (Å²) in [4.78, 5) is 0. The van der Waals surface area contributed by atoms with Gasteiger partial charge >= 0.3 is 7.12 Å². The largest absolute Gasteiger partial charge is 0.498 e. The SMILES string of the molecule is Cc1nn(CC2(O)CCOCC2)cc1B1OC(C)(C)C(C)(C)O1. The minimum absolute atomic E-state index is 0.370. The van der Waals surface area contributed by atoms with Crippen molar-refractivity contribution < 1.29 is 19.2 Å². The lowest BCUT2D eigenvalue weighted by atomic mass is 9.79. The third kappa shape index (κ3) is 3.20. The molecule has 3 rings (SSSR count). The molecule has 0 unspecified atom stereocenters. The van der Waals surface area contributed by atoms with Crippen molar-refractivity contribution in [3.8, 4) is 0 Å². The molecule has 0 atom stereocenters. The van der Waals surface area contributed by atoms with Crippen molar-refractivity contribution in [2.24, 2.45) is 0 Å². The van der Waals surface area contributed by atoms with Crippen molar-refractivity contribution in [2.45, 2.75) is 70.8 Å². The maximum atomic E-state index is 10.7. The smallest absolute Gasteiger partial charge is 0.399 e. The summed E-state index contributed by atoms with van der Waals surface area (Å²) in [6.07, 6.45) is 3.21. The van der Waals surface area contributed by atoms with Crippen molar-refractivity contribution in [3.05, 3.63) is 11.9 Å². The lowest BCUT2D eigenvalue weighted by Crippen LogP contribution is -2.41. The van der Waals surface area contributed by atoms with Crippen molar-refractivity contribution in [3.63, 3.8) is 0 Å². The summed E-state index contributed by atoms with van der Waals surface area (Å²) >= 11 is 0. The number of aliphatic hydroxyl groups is 1. The molecule has 0 spiro atoms. The molecule has 0 aromatic carbocycles. The Morgan fingerprint density at radius 3 is 2.30 bits per heavy atom. The Hall–Kier alpha value is -0.885. The first kappa shape index (κ1) is 17.0. The summed E-state index contributed by atoms with van der Waals surface area (Å²) in [5.74, 6) is 0. The minimum atomic E-state index is -0.746. The fourth-order valence-electron chi connectivity index (χ4n) is 3.03. The van der Waals surface area contributed by atoms with Gasteiger partial charge in [0.05, 0.1) is 29.0 Å². The van der Waals surface area contributed by atoms with Crippen LogP contribution >= 0.6 is 0 Å². The lowest BCUT2D eigenvalue weighted by Gasteiger charge is -2.32. The standard InChI is InChI=1S/C16H27BN2O4/c1-12-13(17-22-14(2,3)15(4,5)23-17)10-19(18-12)11-16(20)6-8-21-9-7-16/h10,20H,6-9,11H2,1-5H3. The second-order valence-corrected chi connectivity index (χ2v) is 7.79. The van der Waals surface area contributed by atoms with E-state index < -0.39 is 12.7 Å². The molecule has 0 radical (unpaired) electrons. The number of aromatic nitrogens is 2. The zero-order valence-corrected chi connectivity index (χ0v) is 14.8. The summed E-state index contributed by atoms with van der Waals surface area (Å²) in [5.41, 5.74) is 0.318. The zero-order valence-electron chi connectivity index (χ0n) is 14.8. The number of nitrogens with zero attached hydrogens (tertiary/aromatic N) is 2. The van der Waals surface area contributed by atoms with Crippen LogP contribution in [0.1, 0.15) is 46.2 Å². The first-order chi connectivity index (χ1) is 10.6. The van der Waals surface area contributed by atoms with E-state index in [2.05, 4.69) is 5.10 Å². The first-order valence-electron chi connectivity index (χ1n) is 8.32. The summed E-state index contributed by atoms with van der Waals surface area (Å²) in [7, 11) is -0.418. The van der Waals surface area contributed by atoms with Crippen LogP contribution < -0.4 is 5.46 Å². The van der Waals surface area contributed by atoms with Crippen molar-refractivity contribution in [1.82, 2.24) is 9.78 Å². The van der Waals surface area contributed by atoms with Gasteiger partial charge in [-0.05, 0) is 34.6 Å². The van der Waals surface area contributed by atoms with Gasteiger partial charge in [-0.2, -0.15) is 5.10 Å². The molecule has 6 nitrogen and oxygen atoms in total. The van der Waals surface area contributed by atoms with Gasteiger partial charge in [0.1, 0.15) is 0 Å². The van der Waals surface area contributed by atoms with Gasteiger partial charge in [0.15, 0.2) is 0 Å². The fourth-order valence-corrected chi connectivity index (χ4v) is 3.03. The van der Waals surface area contributed by atoms with Crippen LogP contribution in [-0.4, -0.2) is 52.0 Å². The number of aryl methyl sites for hydroxylation is 1. The predicted molar refractivity (Wildman–Crippen MR) is 87.7 cm³/mol. The Balaban J connectivity index is 1.77. The maximum absolute atomic E-state index is 10.7. The highest BCUT2D eigenvalue weighted by Gasteiger charge is 2.52. The van der Waals surface area contributed by atoms with E-state index in [1.165, 1.54) is 0 Å². The Morgan fingerprint density at radius 1 is 1.17 bits per heavy atom. The molecular weight excluding hydrogens is 295 g/mol. The molecule has 128 valence electrons. The van der Waals surface area contributed by atoms with E-state index in [4.69, 9.17) is 14.0 Å². The van der Waals surface area contributed by atoms with Gasteiger partial charge in [-0.1, -0.05) is 0 Å². The Kier molecular flexibility index (Phi) is 4.12. The first-order valence-corrected chi connectivity index (χ1v) is 8.32. The number of hydrogen-bond donors (Lipinski definition) is 1. The predicted octanol–water partition coefficient (Wildman–Crippen LogP) is 1.03. The number of hydrogen-bond acceptors (Lipinski definition) is 5. The Labute approximate surface area is 138 Å². The fraction of sp³-hybridized carbons (Fsp3) is 0.812. The van der Waals surface area contributed by atoms with Crippen LogP contribution in [0.5, 0.6) is 0 Å². The van der Waals surface area contributed by atoms with Gasteiger partial charge in [-0.3, -0.25) is 4.68 Å². The van der Waals surface area contributed by atoms with Crippen LogP contribution in [0.2, 0.25) is 0 Å². The van der Waals surface area contributed by atoms with Crippen LogP contribution in [0.15, 0.2) is 6.20 Å². The molecule has 3 heterocycles. The van der Waals surface area contributed by atoms with Gasteiger partial charge in [-0.15, -0.1) is 0 Å². The van der Waals surface area contributed by atoms with E-state index in [9.17, 15) is 5.11 Å². The molecular formula is C16H27BN2O4. The molecule has 1 N–H and O–H groups in total. The van der Waals surface area contributed by atoms with E-state index in [0.29, 0.717) is 32.6 Å². The third-order valence-electron chi connectivity index (χ3n) is 5.37. The van der Waals surface area contributed by atoms with Gasteiger partial charge < -0.3 is 19.2 Å². The Bertz CT molecular complexity index is 563. The molecule has 2 saturated heterocycles. The van der Waals surface area contributed by atoms with Gasteiger partial charge in [0, 0.05) is 37.7 Å². The number of rotatable bonds is 3. The summed E-state index contributed by atoms with van der Waals surface area (Å²) in [5, 5.41) is 15.2. The van der Waals surface area contributed by atoms with Crippen molar-refractivity contribution in [2.75, 3.05) is 13.2 Å². The van der Waals surface area contributed by atoms with Crippen LogP contribution in [0.3, 0.4) is 0 Å². The summed E-state index contributed by atoms with van der Waals surface area (Å²) in [6, 6.07) is 0. The van der Waals surface area contributed by atoms with E-state index in [-0.39, 0.29) is 11.2 Å². The van der Waals surface area contributed by atoms with Crippen molar-refractivity contribution >= 4 is 12.6 Å². The van der Waals surface area contributed by atoms with Crippen LogP contribution in [0.4, 0.5) is 0 Å². The monoisotopic (exact) mass is 322 g/mol. The van der Waals surface area contributed by atoms with E-state index in [0.717, 1.165) is 11.2 Å². The number of ether oxygens (including phenoxy) is 1. The van der Waals surface area contributed by atoms with Crippen LogP contribution in [0, 0.1) is 6.92 Å².